The van der Waals surface area contributed by atoms with Crippen LogP contribution < -0.4 is 5.73 Å². The van der Waals surface area contributed by atoms with E-state index in [1.165, 1.54) is 12.1 Å². The lowest BCUT2D eigenvalue weighted by Crippen LogP contribution is -1.65. The van der Waals surface area contributed by atoms with Crippen molar-refractivity contribution < 1.29 is 5.11 Å². The molecular weight excluding hydrogens is 102 g/mol. The molecule has 0 fully saturated rings. The summed E-state index contributed by atoms with van der Waals surface area (Å²) >= 11 is 0. The number of phenolic OH excluding ortho intramolecular Hbond substituents is 1. The third kappa shape index (κ3) is 0.904. The van der Waals surface area contributed by atoms with Gasteiger partial charge in [0.25, 0.3) is 0 Å². The minimum atomic E-state index is 0.150. The Bertz CT molecular complexity index is 168. The van der Waals surface area contributed by atoms with Gasteiger partial charge in [-0.1, -0.05) is 6.07 Å². The van der Waals surface area contributed by atoms with E-state index < -0.39 is 0 Å². The van der Waals surface area contributed by atoms with Crippen molar-refractivity contribution in [1.82, 2.24) is 5.73 Å². The smallest absolute Gasteiger partial charge is 0.117 e. The van der Waals surface area contributed by atoms with Gasteiger partial charge in [0.1, 0.15) is 5.75 Å². The normalized spacial score (nSPS) is 9.00. The summed E-state index contributed by atoms with van der Waals surface area (Å²) in [6, 6.07) is 6.18. The highest BCUT2D eigenvalue weighted by molar-refractivity contribution is 5.39. The van der Waals surface area contributed by atoms with Crippen LogP contribution in [0.15, 0.2) is 24.3 Å². The summed E-state index contributed by atoms with van der Waals surface area (Å²) in [5, 5.41) is 8.69. The lowest BCUT2D eigenvalue weighted by Gasteiger charge is -1.89. The Hall–Kier alpha value is -1.18. The maximum Gasteiger partial charge on any atom is 0.117 e. The molecule has 1 aromatic rings. The number of benzene rings is 1. The van der Waals surface area contributed by atoms with E-state index in [1.807, 2.05) is 0 Å². The van der Waals surface area contributed by atoms with Crippen molar-refractivity contribution in [3.05, 3.63) is 24.3 Å². The van der Waals surface area contributed by atoms with Crippen molar-refractivity contribution in [2.75, 3.05) is 0 Å². The molecule has 0 aliphatic rings. The molecule has 1 radical (unpaired) electrons. The van der Waals surface area contributed by atoms with Crippen molar-refractivity contribution in [1.29, 1.82) is 0 Å². The second-order valence-corrected chi connectivity index (χ2v) is 1.55. The molecule has 2 heteroatoms. The van der Waals surface area contributed by atoms with Crippen LogP contribution in [0.5, 0.6) is 5.75 Å². The topological polar surface area (TPSA) is 44.0 Å². The fraction of sp³-hybridized carbons (Fsp3) is 0. The van der Waals surface area contributed by atoms with Gasteiger partial charge < -0.3 is 10.8 Å². The Balaban J connectivity index is 3.08. The van der Waals surface area contributed by atoms with Crippen LogP contribution in [0.2, 0.25) is 0 Å². The van der Waals surface area contributed by atoms with E-state index in [4.69, 9.17) is 10.8 Å². The SMILES string of the molecule is [NH]c1cccc(O)c1. The molecule has 2 nitrogen and oxygen atoms in total. The molecule has 0 atom stereocenters. The maximum absolute atomic E-state index is 8.69. The maximum atomic E-state index is 8.69. The first-order chi connectivity index (χ1) is 3.79. The number of nitrogens with one attached hydrogen (secondary N) is 1. The molecule has 0 aromatic heterocycles. The van der Waals surface area contributed by atoms with Crippen LogP contribution in [-0.2, 0) is 0 Å². The molecule has 0 aliphatic heterocycles. The molecule has 8 heavy (non-hydrogen) atoms. The average molecular weight is 108 g/mol. The van der Waals surface area contributed by atoms with Gasteiger partial charge >= 0.3 is 0 Å². The Morgan fingerprint density at radius 2 is 2.12 bits per heavy atom. The van der Waals surface area contributed by atoms with E-state index in [2.05, 4.69) is 0 Å². The zero-order chi connectivity index (χ0) is 5.98. The van der Waals surface area contributed by atoms with Crippen LogP contribution in [0.3, 0.4) is 0 Å². The van der Waals surface area contributed by atoms with Gasteiger partial charge in [0.05, 0.1) is 5.69 Å². The molecule has 0 unspecified atom stereocenters. The van der Waals surface area contributed by atoms with Crippen molar-refractivity contribution >= 4 is 5.69 Å². The third-order valence-corrected chi connectivity index (χ3v) is 0.846. The van der Waals surface area contributed by atoms with E-state index in [9.17, 15) is 0 Å². The molecule has 0 saturated carbocycles. The summed E-state index contributed by atoms with van der Waals surface area (Å²) < 4.78 is 0. The van der Waals surface area contributed by atoms with Crippen LogP contribution >= 0.6 is 0 Å². The number of hydrogen-bond acceptors (Lipinski definition) is 1. The van der Waals surface area contributed by atoms with Gasteiger partial charge in [-0.3, -0.25) is 0 Å². The van der Waals surface area contributed by atoms with E-state index in [1.54, 1.807) is 12.1 Å². The van der Waals surface area contributed by atoms with Crippen LogP contribution in [0.25, 0.3) is 0 Å². The summed E-state index contributed by atoms with van der Waals surface area (Å²) in [7, 11) is 0. The molecule has 0 spiro atoms. The van der Waals surface area contributed by atoms with E-state index >= 15 is 0 Å². The molecule has 0 bridgehead atoms. The third-order valence-electron chi connectivity index (χ3n) is 0.846. The van der Waals surface area contributed by atoms with Crippen LogP contribution in [0.4, 0.5) is 5.69 Å². The Morgan fingerprint density at radius 3 is 2.50 bits per heavy atom. The van der Waals surface area contributed by atoms with Gasteiger partial charge in [-0.15, -0.1) is 0 Å². The monoisotopic (exact) mass is 108 g/mol. The van der Waals surface area contributed by atoms with Crippen LogP contribution in [0.1, 0.15) is 0 Å². The number of aromatic hydroxyl groups is 1. The standard InChI is InChI=1S/C6H6NO/c7-5-2-1-3-6(8)4-5/h1-4,7-8H. The van der Waals surface area contributed by atoms with Crippen LogP contribution in [-0.4, -0.2) is 5.11 Å². The van der Waals surface area contributed by atoms with Gasteiger partial charge in [0, 0.05) is 6.07 Å². The zero-order valence-electron chi connectivity index (χ0n) is 4.26. The molecule has 41 valence electrons. The number of hydrogen-bond donors (Lipinski definition) is 1. The van der Waals surface area contributed by atoms with Gasteiger partial charge in [-0.05, 0) is 12.1 Å². The second kappa shape index (κ2) is 1.74. The highest BCUT2D eigenvalue weighted by atomic mass is 16.3. The molecule has 2 N–H and O–H groups in total. The number of rotatable bonds is 0. The average Bonchev–Trinajstić information content (AvgIpc) is 1.64. The summed E-state index contributed by atoms with van der Waals surface area (Å²) in [5.41, 5.74) is 7.31. The van der Waals surface area contributed by atoms with Gasteiger partial charge in [-0.25, -0.2) is 0 Å². The van der Waals surface area contributed by atoms with Crippen molar-refractivity contribution in [3.63, 3.8) is 0 Å². The lowest BCUT2D eigenvalue weighted by molar-refractivity contribution is 0.475. The quantitative estimate of drug-likeness (QED) is 0.535. The van der Waals surface area contributed by atoms with E-state index in [0.29, 0.717) is 5.69 Å². The van der Waals surface area contributed by atoms with Crippen molar-refractivity contribution in [2.24, 2.45) is 0 Å². The molecule has 1 rings (SSSR count). The predicted molar refractivity (Wildman–Crippen MR) is 30.9 cm³/mol. The lowest BCUT2D eigenvalue weighted by atomic mass is 10.3. The first-order valence-electron chi connectivity index (χ1n) is 2.29. The Kier molecular flexibility index (Phi) is 1.08. The summed E-state index contributed by atoms with van der Waals surface area (Å²) in [6.07, 6.45) is 0. The zero-order valence-corrected chi connectivity index (χ0v) is 4.26. The summed E-state index contributed by atoms with van der Waals surface area (Å²) in [6.45, 7) is 0. The van der Waals surface area contributed by atoms with Crippen molar-refractivity contribution in [3.8, 4) is 5.75 Å². The second-order valence-electron chi connectivity index (χ2n) is 1.55. The first-order valence-corrected chi connectivity index (χ1v) is 2.29. The first kappa shape index (κ1) is 4.97. The van der Waals surface area contributed by atoms with Crippen LogP contribution in [0, 0.1) is 0 Å². The van der Waals surface area contributed by atoms with E-state index in [0.717, 1.165) is 0 Å². The highest BCUT2D eigenvalue weighted by Crippen LogP contribution is 2.12. The molecule has 0 aliphatic carbocycles. The molecule has 0 amide bonds. The molecule has 0 saturated heterocycles. The fourth-order valence-corrected chi connectivity index (χ4v) is 0.506. The Morgan fingerprint density at radius 1 is 1.38 bits per heavy atom. The van der Waals surface area contributed by atoms with Crippen molar-refractivity contribution in [2.45, 2.75) is 0 Å². The van der Waals surface area contributed by atoms with Gasteiger partial charge in [0.2, 0.25) is 0 Å². The summed E-state index contributed by atoms with van der Waals surface area (Å²) in [5.74, 6) is 0.150. The van der Waals surface area contributed by atoms with E-state index in [-0.39, 0.29) is 5.75 Å². The minimum Gasteiger partial charge on any atom is -0.508 e. The fourth-order valence-electron chi connectivity index (χ4n) is 0.506. The van der Waals surface area contributed by atoms with Gasteiger partial charge in [-0.2, -0.15) is 0 Å². The molecule has 0 heterocycles. The molecular formula is C6H6NO. The molecule has 1 aromatic carbocycles. The minimum absolute atomic E-state index is 0.150. The Labute approximate surface area is 47.6 Å². The predicted octanol–water partition coefficient (Wildman–Crippen LogP) is 1.31. The largest absolute Gasteiger partial charge is 0.508 e. The van der Waals surface area contributed by atoms with Gasteiger partial charge in [0.15, 0.2) is 0 Å². The highest BCUT2D eigenvalue weighted by Gasteiger charge is 1.84. The number of phenols is 1. The summed E-state index contributed by atoms with van der Waals surface area (Å²) in [4.78, 5) is 0.